The van der Waals surface area contributed by atoms with Crippen molar-refractivity contribution in [1.29, 1.82) is 0 Å². The minimum absolute atomic E-state index is 0.0901. The molecule has 1 aromatic rings. The zero-order valence-electron chi connectivity index (χ0n) is 10.2. The van der Waals surface area contributed by atoms with Crippen molar-refractivity contribution in [3.8, 4) is 0 Å². The average Bonchev–Trinajstić information content (AvgIpc) is 2.80. The quantitative estimate of drug-likeness (QED) is 0.789. The van der Waals surface area contributed by atoms with E-state index in [1.54, 1.807) is 12.1 Å². The van der Waals surface area contributed by atoms with Crippen LogP contribution in [-0.4, -0.2) is 6.54 Å². The topological polar surface area (TPSA) is 26.0 Å². The van der Waals surface area contributed by atoms with Crippen molar-refractivity contribution >= 4 is 0 Å². The highest BCUT2D eigenvalue weighted by atomic mass is 19.1. The molecular formula is C15H20FN. The van der Waals surface area contributed by atoms with Gasteiger partial charge in [0.05, 0.1) is 0 Å². The van der Waals surface area contributed by atoms with Gasteiger partial charge >= 0.3 is 0 Å². The third-order valence-electron chi connectivity index (χ3n) is 4.84. The van der Waals surface area contributed by atoms with Crippen molar-refractivity contribution in [2.24, 2.45) is 5.73 Å². The highest BCUT2D eigenvalue weighted by molar-refractivity contribution is 5.40. The first-order valence-corrected chi connectivity index (χ1v) is 6.75. The summed E-state index contributed by atoms with van der Waals surface area (Å²) in [6.07, 6.45) is 7.44. The van der Waals surface area contributed by atoms with Crippen LogP contribution in [0.25, 0.3) is 0 Å². The Morgan fingerprint density at radius 2 is 2.00 bits per heavy atom. The van der Waals surface area contributed by atoms with E-state index >= 15 is 0 Å². The zero-order valence-corrected chi connectivity index (χ0v) is 10.2. The van der Waals surface area contributed by atoms with Gasteiger partial charge in [0.2, 0.25) is 0 Å². The smallest absolute Gasteiger partial charge is 0.123 e. The molecule has 1 unspecified atom stereocenters. The maximum absolute atomic E-state index is 13.5. The predicted molar refractivity (Wildman–Crippen MR) is 67.6 cm³/mol. The molecule has 1 atom stereocenters. The standard InChI is InChI=1S/C15H20FN/c16-12-3-4-13-11(10-17)5-8-15(14(13)9-12)6-1-2-7-15/h3-4,9,11H,1-2,5-8,10,17H2. The zero-order chi connectivity index (χ0) is 11.9. The van der Waals surface area contributed by atoms with Gasteiger partial charge in [0.1, 0.15) is 5.82 Å². The molecule has 1 aromatic carbocycles. The highest BCUT2D eigenvalue weighted by Crippen LogP contribution is 2.51. The summed E-state index contributed by atoms with van der Waals surface area (Å²) >= 11 is 0. The number of fused-ring (bicyclic) bond motifs is 2. The van der Waals surface area contributed by atoms with Crippen LogP contribution in [0.5, 0.6) is 0 Å². The molecule has 0 saturated heterocycles. The van der Waals surface area contributed by atoms with Crippen LogP contribution in [-0.2, 0) is 5.41 Å². The van der Waals surface area contributed by atoms with E-state index in [0.717, 1.165) is 0 Å². The van der Waals surface area contributed by atoms with Crippen LogP contribution >= 0.6 is 0 Å². The van der Waals surface area contributed by atoms with Crippen LogP contribution < -0.4 is 5.73 Å². The summed E-state index contributed by atoms with van der Waals surface area (Å²) in [4.78, 5) is 0. The van der Waals surface area contributed by atoms with E-state index < -0.39 is 0 Å². The summed E-state index contributed by atoms with van der Waals surface area (Å²) in [5.41, 5.74) is 8.73. The van der Waals surface area contributed by atoms with Crippen molar-refractivity contribution in [2.45, 2.75) is 49.9 Å². The third kappa shape index (κ3) is 1.70. The fourth-order valence-electron chi connectivity index (χ4n) is 3.90. The van der Waals surface area contributed by atoms with E-state index in [1.807, 2.05) is 6.07 Å². The summed E-state index contributed by atoms with van der Waals surface area (Å²) in [5, 5.41) is 0. The lowest BCUT2D eigenvalue weighted by Gasteiger charge is -2.39. The minimum atomic E-state index is -0.0901. The Balaban J connectivity index is 2.11. The second-order valence-electron chi connectivity index (χ2n) is 5.69. The second kappa shape index (κ2) is 4.09. The SMILES string of the molecule is NCC1CCC2(CCCC2)c2cc(F)ccc21. The van der Waals surface area contributed by atoms with Crippen molar-refractivity contribution in [2.75, 3.05) is 6.54 Å². The average molecular weight is 233 g/mol. The van der Waals surface area contributed by atoms with Gasteiger partial charge in [-0.1, -0.05) is 18.9 Å². The van der Waals surface area contributed by atoms with E-state index in [0.29, 0.717) is 12.5 Å². The molecule has 0 heterocycles. The van der Waals surface area contributed by atoms with Crippen LogP contribution in [0.1, 0.15) is 55.6 Å². The lowest BCUT2D eigenvalue weighted by atomic mass is 9.65. The van der Waals surface area contributed by atoms with Gasteiger partial charge < -0.3 is 5.73 Å². The molecule has 1 spiro atoms. The van der Waals surface area contributed by atoms with Crippen molar-refractivity contribution in [1.82, 2.24) is 0 Å². The first kappa shape index (κ1) is 11.2. The van der Waals surface area contributed by atoms with Crippen molar-refractivity contribution in [3.05, 3.63) is 35.1 Å². The normalized spacial score (nSPS) is 26.1. The van der Waals surface area contributed by atoms with E-state index in [1.165, 1.54) is 49.7 Å². The van der Waals surface area contributed by atoms with Gasteiger partial charge in [0, 0.05) is 0 Å². The number of halogens is 1. The molecule has 92 valence electrons. The summed E-state index contributed by atoms with van der Waals surface area (Å²) in [6, 6.07) is 5.35. The number of hydrogen-bond acceptors (Lipinski definition) is 1. The highest BCUT2D eigenvalue weighted by Gasteiger charge is 2.41. The minimum Gasteiger partial charge on any atom is -0.330 e. The van der Waals surface area contributed by atoms with Crippen LogP contribution in [0.15, 0.2) is 18.2 Å². The molecular weight excluding hydrogens is 213 g/mol. The Bertz CT molecular complexity index is 421. The number of rotatable bonds is 1. The number of nitrogens with two attached hydrogens (primary N) is 1. The van der Waals surface area contributed by atoms with Crippen LogP contribution in [0, 0.1) is 5.82 Å². The number of benzene rings is 1. The van der Waals surface area contributed by atoms with Gasteiger partial charge in [-0.25, -0.2) is 4.39 Å². The molecule has 0 aromatic heterocycles. The Hall–Kier alpha value is -0.890. The van der Waals surface area contributed by atoms with Crippen molar-refractivity contribution in [3.63, 3.8) is 0 Å². The fourth-order valence-corrected chi connectivity index (χ4v) is 3.90. The van der Waals surface area contributed by atoms with Crippen molar-refractivity contribution < 1.29 is 4.39 Å². The molecule has 2 aliphatic rings. The lowest BCUT2D eigenvalue weighted by molar-refractivity contribution is 0.342. The van der Waals surface area contributed by atoms with Gasteiger partial charge in [0.15, 0.2) is 0 Å². The van der Waals surface area contributed by atoms with E-state index in [2.05, 4.69) is 0 Å². The first-order valence-electron chi connectivity index (χ1n) is 6.75. The maximum Gasteiger partial charge on any atom is 0.123 e. The van der Waals surface area contributed by atoms with Crippen LogP contribution in [0.3, 0.4) is 0 Å². The van der Waals surface area contributed by atoms with Gasteiger partial charge in [-0.2, -0.15) is 0 Å². The summed E-state index contributed by atoms with van der Waals surface area (Å²) in [6.45, 7) is 0.689. The molecule has 1 nitrogen and oxygen atoms in total. The van der Waals surface area contributed by atoms with E-state index in [4.69, 9.17) is 5.73 Å². The molecule has 2 heteroatoms. The first-order chi connectivity index (χ1) is 8.25. The Morgan fingerprint density at radius 3 is 2.71 bits per heavy atom. The monoisotopic (exact) mass is 233 g/mol. The molecule has 3 rings (SSSR count). The summed E-state index contributed by atoms with van der Waals surface area (Å²) in [7, 11) is 0. The fraction of sp³-hybridized carbons (Fsp3) is 0.600. The Kier molecular flexibility index (Phi) is 2.70. The Morgan fingerprint density at radius 1 is 1.24 bits per heavy atom. The molecule has 1 saturated carbocycles. The number of hydrogen-bond donors (Lipinski definition) is 1. The van der Waals surface area contributed by atoms with E-state index in [-0.39, 0.29) is 11.2 Å². The predicted octanol–water partition coefficient (Wildman–Crippen LogP) is 3.47. The second-order valence-corrected chi connectivity index (χ2v) is 5.69. The molecule has 2 aliphatic carbocycles. The largest absolute Gasteiger partial charge is 0.330 e. The van der Waals surface area contributed by atoms with Gasteiger partial charge in [-0.15, -0.1) is 0 Å². The van der Waals surface area contributed by atoms with Gasteiger partial charge in [0.25, 0.3) is 0 Å². The van der Waals surface area contributed by atoms with Gasteiger partial charge in [-0.05, 0) is 66.8 Å². The van der Waals surface area contributed by atoms with Crippen LogP contribution in [0.4, 0.5) is 4.39 Å². The Labute approximate surface area is 102 Å². The van der Waals surface area contributed by atoms with Crippen LogP contribution in [0.2, 0.25) is 0 Å². The van der Waals surface area contributed by atoms with Gasteiger partial charge in [-0.3, -0.25) is 0 Å². The lowest BCUT2D eigenvalue weighted by Crippen LogP contribution is -2.32. The molecule has 0 amide bonds. The molecule has 2 N–H and O–H groups in total. The molecule has 17 heavy (non-hydrogen) atoms. The molecule has 0 bridgehead atoms. The van der Waals surface area contributed by atoms with E-state index in [9.17, 15) is 4.39 Å². The third-order valence-corrected chi connectivity index (χ3v) is 4.84. The summed E-state index contributed by atoms with van der Waals surface area (Å²) in [5.74, 6) is 0.351. The maximum atomic E-state index is 13.5. The molecule has 1 fully saturated rings. The molecule has 0 aliphatic heterocycles. The summed E-state index contributed by atoms with van der Waals surface area (Å²) < 4.78 is 13.5. The molecule has 0 radical (unpaired) electrons.